The Kier molecular flexibility index (Phi) is 5.24. The number of thiazole rings is 1. The Bertz CT molecular complexity index is 1130. The summed E-state index contributed by atoms with van der Waals surface area (Å²) in [5, 5.41) is 22.1. The minimum atomic E-state index is 0.204. The molecule has 0 atom stereocenters. The maximum Gasteiger partial charge on any atom is 0.139 e. The minimum absolute atomic E-state index is 0.204. The van der Waals surface area contributed by atoms with Crippen molar-refractivity contribution in [3.63, 3.8) is 0 Å². The highest BCUT2D eigenvalue weighted by Gasteiger charge is 2.31. The van der Waals surface area contributed by atoms with Gasteiger partial charge < -0.3 is 14.9 Å². The van der Waals surface area contributed by atoms with E-state index in [9.17, 15) is 5.11 Å². The summed E-state index contributed by atoms with van der Waals surface area (Å²) >= 11 is 1.47. The smallest absolute Gasteiger partial charge is 0.139 e. The van der Waals surface area contributed by atoms with Crippen LogP contribution in [0.3, 0.4) is 0 Å². The van der Waals surface area contributed by atoms with E-state index in [1.165, 1.54) is 41.9 Å². The van der Waals surface area contributed by atoms with Crippen molar-refractivity contribution in [1.82, 2.24) is 4.98 Å². The number of hydrogen-bond acceptors (Lipinski definition) is 5. The van der Waals surface area contributed by atoms with Gasteiger partial charge in [0.1, 0.15) is 16.6 Å². The van der Waals surface area contributed by atoms with E-state index in [0.29, 0.717) is 23.0 Å². The molecule has 2 N–H and O–H groups in total. The summed E-state index contributed by atoms with van der Waals surface area (Å²) in [6, 6.07) is 16.6. The Labute approximate surface area is 186 Å². The molecule has 3 heterocycles. The van der Waals surface area contributed by atoms with Crippen LogP contribution in [-0.2, 0) is 0 Å². The quantitative estimate of drug-likeness (QED) is 0.543. The fraction of sp³-hybridized carbons (Fsp3) is 0.280. The van der Waals surface area contributed by atoms with E-state index in [-0.39, 0.29) is 5.76 Å². The number of anilines is 2. The highest BCUT2D eigenvalue weighted by atomic mass is 32.1. The van der Waals surface area contributed by atoms with Gasteiger partial charge in [0.15, 0.2) is 0 Å². The van der Waals surface area contributed by atoms with Crippen molar-refractivity contribution >= 4 is 34.1 Å². The molecule has 0 unspecified atom stereocenters. The number of amidine groups is 1. The number of aliphatic hydroxyl groups excluding tert-OH is 1. The largest absolute Gasteiger partial charge is 0.510 e. The van der Waals surface area contributed by atoms with Crippen LogP contribution in [0.2, 0.25) is 0 Å². The second kappa shape index (κ2) is 8.19. The van der Waals surface area contributed by atoms with Gasteiger partial charge in [0.25, 0.3) is 0 Å². The summed E-state index contributed by atoms with van der Waals surface area (Å²) in [6.45, 7) is 4.58. The first-order valence-electron chi connectivity index (χ1n) is 10.8. The first kappa shape index (κ1) is 19.8. The molecule has 0 spiro atoms. The molecule has 2 aliphatic heterocycles. The predicted molar refractivity (Wildman–Crippen MR) is 129 cm³/mol. The van der Waals surface area contributed by atoms with Crippen LogP contribution in [-0.4, -0.2) is 35.6 Å². The lowest BCUT2D eigenvalue weighted by Gasteiger charge is -2.29. The molecule has 2 aliphatic rings. The maximum absolute atomic E-state index is 10.7. The number of hydrogen-bond donors (Lipinski definition) is 2. The molecule has 0 radical (unpaired) electrons. The molecule has 5 nitrogen and oxygen atoms in total. The number of benzene rings is 2. The van der Waals surface area contributed by atoms with Crippen molar-refractivity contribution in [2.24, 2.45) is 0 Å². The lowest BCUT2D eigenvalue weighted by Crippen LogP contribution is -2.29. The zero-order valence-electron chi connectivity index (χ0n) is 17.6. The van der Waals surface area contributed by atoms with Gasteiger partial charge in [-0.25, -0.2) is 4.98 Å². The maximum atomic E-state index is 10.7. The van der Waals surface area contributed by atoms with Crippen molar-refractivity contribution in [3.8, 4) is 11.3 Å². The second-order valence-electron chi connectivity index (χ2n) is 8.22. The fourth-order valence-electron chi connectivity index (χ4n) is 4.27. The van der Waals surface area contributed by atoms with Gasteiger partial charge in [-0.3, -0.25) is 5.41 Å². The highest BCUT2D eigenvalue weighted by molar-refractivity contribution is 7.11. The average Bonchev–Trinajstić information content (AvgIpc) is 3.39. The summed E-state index contributed by atoms with van der Waals surface area (Å²) in [7, 11) is 0. The standard InChI is InChI=1S/C25H26N4OS/c1-17-5-7-18(8-6-17)21-16-31-25(27-21)23-22(30)15-29(24(23)26)20-11-9-19(10-12-20)28-13-3-2-4-14-28/h5-12,16,26,30H,2-4,13-15H2,1H3. The van der Waals surface area contributed by atoms with Crippen molar-refractivity contribution in [2.75, 3.05) is 29.4 Å². The monoisotopic (exact) mass is 430 g/mol. The third-order valence-electron chi connectivity index (χ3n) is 6.05. The van der Waals surface area contributed by atoms with E-state index < -0.39 is 0 Å². The number of nitrogens with zero attached hydrogens (tertiary/aromatic N) is 3. The molecule has 0 saturated carbocycles. The normalized spacial score (nSPS) is 17.0. The Hall–Kier alpha value is -3.12. The Morgan fingerprint density at radius 1 is 0.935 bits per heavy atom. The zero-order chi connectivity index (χ0) is 21.4. The Morgan fingerprint density at radius 3 is 2.32 bits per heavy atom. The fourth-order valence-corrected chi connectivity index (χ4v) is 5.16. The number of aryl methyl sites for hydroxylation is 1. The van der Waals surface area contributed by atoms with Crippen LogP contribution in [0.4, 0.5) is 11.4 Å². The molecule has 1 fully saturated rings. The summed E-state index contributed by atoms with van der Waals surface area (Å²) in [6.07, 6.45) is 3.81. The topological polar surface area (TPSA) is 63.5 Å². The van der Waals surface area contributed by atoms with Gasteiger partial charge in [0.05, 0.1) is 17.8 Å². The number of piperidine rings is 1. The van der Waals surface area contributed by atoms with Crippen molar-refractivity contribution in [3.05, 3.63) is 70.2 Å². The van der Waals surface area contributed by atoms with Crippen molar-refractivity contribution in [1.29, 1.82) is 5.41 Å². The van der Waals surface area contributed by atoms with Gasteiger partial charge >= 0.3 is 0 Å². The SMILES string of the molecule is Cc1ccc(-c2csc(C3=C(O)CN(c4ccc(N5CCCCC5)cc4)C3=N)n2)cc1. The van der Waals surface area contributed by atoms with Crippen LogP contribution in [0.25, 0.3) is 16.8 Å². The van der Waals surface area contributed by atoms with E-state index in [1.807, 2.05) is 22.4 Å². The van der Waals surface area contributed by atoms with E-state index in [4.69, 9.17) is 10.4 Å². The molecule has 1 saturated heterocycles. The Morgan fingerprint density at radius 2 is 1.61 bits per heavy atom. The van der Waals surface area contributed by atoms with Gasteiger partial charge in [0, 0.05) is 35.4 Å². The summed E-state index contributed by atoms with van der Waals surface area (Å²) in [4.78, 5) is 8.99. The minimum Gasteiger partial charge on any atom is -0.510 e. The molecule has 31 heavy (non-hydrogen) atoms. The van der Waals surface area contributed by atoms with Crippen LogP contribution in [0, 0.1) is 12.3 Å². The van der Waals surface area contributed by atoms with Crippen molar-refractivity contribution < 1.29 is 5.11 Å². The molecule has 0 amide bonds. The van der Waals surface area contributed by atoms with Gasteiger partial charge in [0.2, 0.25) is 0 Å². The predicted octanol–water partition coefficient (Wildman–Crippen LogP) is 5.88. The molecular weight excluding hydrogens is 404 g/mol. The number of nitrogens with one attached hydrogen (secondary N) is 1. The first-order valence-corrected chi connectivity index (χ1v) is 11.6. The summed E-state index contributed by atoms with van der Waals surface area (Å²) in [5.41, 5.74) is 5.81. The third kappa shape index (κ3) is 3.83. The second-order valence-corrected chi connectivity index (χ2v) is 9.08. The molecular formula is C25H26N4OS. The first-order chi connectivity index (χ1) is 15.1. The lowest BCUT2D eigenvalue weighted by molar-refractivity contribution is 0.411. The highest BCUT2D eigenvalue weighted by Crippen LogP contribution is 2.35. The van der Waals surface area contributed by atoms with Crippen LogP contribution in [0.1, 0.15) is 29.8 Å². The number of aromatic nitrogens is 1. The number of aliphatic hydroxyl groups is 1. The van der Waals surface area contributed by atoms with E-state index in [1.54, 1.807) is 0 Å². The lowest BCUT2D eigenvalue weighted by atomic mass is 10.1. The molecule has 2 aromatic carbocycles. The van der Waals surface area contributed by atoms with E-state index in [2.05, 4.69) is 48.2 Å². The van der Waals surface area contributed by atoms with Crippen molar-refractivity contribution in [2.45, 2.75) is 26.2 Å². The molecule has 158 valence electrons. The average molecular weight is 431 g/mol. The van der Waals surface area contributed by atoms with Gasteiger partial charge in [-0.05, 0) is 50.5 Å². The molecule has 0 aliphatic carbocycles. The van der Waals surface area contributed by atoms with Crippen LogP contribution in [0.5, 0.6) is 0 Å². The molecule has 5 rings (SSSR count). The molecule has 1 aromatic heterocycles. The van der Waals surface area contributed by atoms with Crippen LogP contribution in [0.15, 0.2) is 59.7 Å². The van der Waals surface area contributed by atoms with E-state index >= 15 is 0 Å². The Balaban J connectivity index is 1.35. The van der Waals surface area contributed by atoms with Gasteiger partial charge in [-0.15, -0.1) is 11.3 Å². The van der Waals surface area contributed by atoms with Crippen LogP contribution < -0.4 is 9.80 Å². The van der Waals surface area contributed by atoms with Crippen LogP contribution >= 0.6 is 11.3 Å². The third-order valence-corrected chi connectivity index (χ3v) is 6.91. The summed E-state index contributed by atoms with van der Waals surface area (Å²) in [5.74, 6) is 0.503. The van der Waals surface area contributed by atoms with E-state index in [0.717, 1.165) is 30.0 Å². The summed E-state index contributed by atoms with van der Waals surface area (Å²) < 4.78 is 0. The van der Waals surface area contributed by atoms with Gasteiger partial charge in [-0.2, -0.15) is 0 Å². The molecule has 0 bridgehead atoms. The zero-order valence-corrected chi connectivity index (χ0v) is 18.5. The molecule has 6 heteroatoms. The van der Waals surface area contributed by atoms with Gasteiger partial charge in [-0.1, -0.05) is 29.8 Å². The molecule has 3 aromatic rings. The number of rotatable bonds is 4.